The van der Waals surface area contributed by atoms with Crippen LogP contribution in [0.25, 0.3) is 0 Å². The van der Waals surface area contributed by atoms with Gasteiger partial charge in [0.05, 0.1) is 12.5 Å². The monoisotopic (exact) mass is 242 g/mol. The van der Waals surface area contributed by atoms with Gasteiger partial charge in [-0.15, -0.1) is 0 Å². The van der Waals surface area contributed by atoms with Crippen molar-refractivity contribution in [2.75, 3.05) is 0 Å². The molecular formula is C14H26O3. The predicted octanol–water partition coefficient (Wildman–Crippen LogP) is 3.35. The first kappa shape index (κ1) is 14.5. The molecule has 17 heavy (non-hydrogen) atoms. The van der Waals surface area contributed by atoms with Gasteiger partial charge in [-0.25, -0.2) is 0 Å². The van der Waals surface area contributed by atoms with Gasteiger partial charge in [0.1, 0.15) is 0 Å². The Morgan fingerprint density at radius 1 is 0.882 bits per heavy atom. The Kier molecular flexibility index (Phi) is 7.25. The highest BCUT2D eigenvalue weighted by atomic mass is 16.4. The first-order valence-electron chi connectivity index (χ1n) is 7.10. The molecule has 2 N–H and O–H groups in total. The molecule has 0 radical (unpaired) electrons. The summed E-state index contributed by atoms with van der Waals surface area (Å²) >= 11 is 0. The van der Waals surface area contributed by atoms with E-state index >= 15 is 0 Å². The molecule has 2 unspecified atom stereocenters. The van der Waals surface area contributed by atoms with Crippen LogP contribution in [-0.2, 0) is 4.79 Å². The molecule has 0 heterocycles. The second-order valence-electron chi connectivity index (χ2n) is 5.33. The van der Waals surface area contributed by atoms with Crippen molar-refractivity contribution < 1.29 is 15.0 Å². The third-order valence-corrected chi connectivity index (χ3v) is 3.81. The lowest BCUT2D eigenvalue weighted by atomic mass is 9.88. The lowest BCUT2D eigenvalue weighted by Gasteiger charge is -2.22. The molecule has 100 valence electrons. The van der Waals surface area contributed by atoms with E-state index in [0.29, 0.717) is 0 Å². The predicted molar refractivity (Wildman–Crippen MR) is 67.9 cm³/mol. The molecule has 3 heteroatoms. The van der Waals surface area contributed by atoms with Gasteiger partial charge in [-0.2, -0.15) is 0 Å². The highest BCUT2D eigenvalue weighted by Crippen LogP contribution is 2.23. The summed E-state index contributed by atoms with van der Waals surface area (Å²) in [5, 5.41) is 18.9. The summed E-state index contributed by atoms with van der Waals surface area (Å²) in [7, 11) is 0. The molecule has 1 saturated carbocycles. The fourth-order valence-corrected chi connectivity index (χ4v) is 2.71. The van der Waals surface area contributed by atoms with Crippen LogP contribution >= 0.6 is 0 Å². The molecule has 0 aromatic heterocycles. The van der Waals surface area contributed by atoms with Crippen molar-refractivity contribution in [1.29, 1.82) is 0 Å². The van der Waals surface area contributed by atoms with E-state index in [-0.39, 0.29) is 12.3 Å². The van der Waals surface area contributed by atoms with Gasteiger partial charge in [0.15, 0.2) is 0 Å². The summed E-state index contributed by atoms with van der Waals surface area (Å²) < 4.78 is 0. The lowest BCUT2D eigenvalue weighted by Crippen LogP contribution is -2.23. The molecule has 1 aliphatic carbocycles. The molecule has 0 spiro atoms. The van der Waals surface area contributed by atoms with Gasteiger partial charge in [0.2, 0.25) is 0 Å². The Morgan fingerprint density at radius 2 is 1.35 bits per heavy atom. The normalized spacial score (nSPS) is 29.0. The van der Waals surface area contributed by atoms with E-state index in [9.17, 15) is 9.90 Å². The van der Waals surface area contributed by atoms with Crippen molar-refractivity contribution in [1.82, 2.24) is 0 Å². The van der Waals surface area contributed by atoms with Crippen LogP contribution < -0.4 is 0 Å². The SMILES string of the molecule is O=C(O)CC1CCCCCCCCCCC1O. The largest absolute Gasteiger partial charge is 0.481 e. The number of rotatable bonds is 2. The second kappa shape index (κ2) is 8.51. The average Bonchev–Trinajstić information content (AvgIpc) is 2.27. The van der Waals surface area contributed by atoms with Gasteiger partial charge in [-0.05, 0) is 18.8 Å². The summed E-state index contributed by atoms with van der Waals surface area (Å²) in [6.07, 6.45) is 11.0. The number of carbonyl (C=O) groups is 1. The first-order valence-corrected chi connectivity index (χ1v) is 7.10. The molecule has 0 saturated heterocycles. The fraction of sp³-hybridized carbons (Fsp3) is 0.929. The Hall–Kier alpha value is -0.570. The standard InChI is InChI=1S/C14H26O3/c15-13-10-8-6-4-2-1-3-5-7-9-12(13)11-14(16)17/h12-13,15H,1-11H2,(H,16,17). The summed E-state index contributed by atoms with van der Waals surface area (Å²) in [6.45, 7) is 0. The van der Waals surface area contributed by atoms with Crippen LogP contribution in [-0.4, -0.2) is 22.3 Å². The van der Waals surface area contributed by atoms with E-state index in [1.54, 1.807) is 0 Å². The minimum absolute atomic E-state index is 0.0353. The van der Waals surface area contributed by atoms with Crippen molar-refractivity contribution in [2.45, 2.75) is 76.7 Å². The third-order valence-electron chi connectivity index (χ3n) is 3.81. The number of aliphatic carboxylic acids is 1. The van der Waals surface area contributed by atoms with Gasteiger partial charge in [0, 0.05) is 0 Å². The van der Waals surface area contributed by atoms with Crippen molar-refractivity contribution in [3.63, 3.8) is 0 Å². The van der Waals surface area contributed by atoms with E-state index in [2.05, 4.69) is 0 Å². The number of hydrogen-bond acceptors (Lipinski definition) is 2. The minimum atomic E-state index is -0.777. The maximum absolute atomic E-state index is 10.8. The lowest BCUT2D eigenvalue weighted by molar-refractivity contribution is -0.139. The Labute approximate surface area is 104 Å². The van der Waals surface area contributed by atoms with Crippen LogP contribution in [0.5, 0.6) is 0 Å². The molecule has 0 aliphatic heterocycles. The van der Waals surface area contributed by atoms with Crippen LogP contribution in [0.4, 0.5) is 0 Å². The van der Waals surface area contributed by atoms with Crippen molar-refractivity contribution in [2.24, 2.45) is 5.92 Å². The van der Waals surface area contributed by atoms with Crippen molar-refractivity contribution in [3.8, 4) is 0 Å². The van der Waals surface area contributed by atoms with Crippen LogP contribution in [0.1, 0.15) is 70.6 Å². The first-order chi connectivity index (χ1) is 8.20. The summed E-state index contributed by atoms with van der Waals surface area (Å²) in [5.74, 6) is -0.812. The third kappa shape index (κ3) is 6.67. The van der Waals surface area contributed by atoms with E-state index in [4.69, 9.17) is 5.11 Å². The van der Waals surface area contributed by atoms with Crippen LogP contribution in [0.2, 0.25) is 0 Å². The van der Waals surface area contributed by atoms with Crippen LogP contribution in [0.15, 0.2) is 0 Å². The Morgan fingerprint density at radius 3 is 1.88 bits per heavy atom. The maximum atomic E-state index is 10.8. The van der Waals surface area contributed by atoms with E-state index in [0.717, 1.165) is 25.7 Å². The van der Waals surface area contributed by atoms with E-state index in [1.807, 2.05) is 0 Å². The molecule has 1 fully saturated rings. The zero-order valence-corrected chi connectivity index (χ0v) is 10.7. The second-order valence-corrected chi connectivity index (χ2v) is 5.33. The molecule has 0 bridgehead atoms. The topological polar surface area (TPSA) is 57.5 Å². The minimum Gasteiger partial charge on any atom is -0.481 e. The molecule has 0 aromatic carbocycles. The number of carboxylic acids is 1. The number of hydrogen-bond donors (Lipinski definition) is 2. The van der Waals surface area contributed by atoms with E-state index < -0.39 is 12.1 Å². The van der Waals surface area contributed by atoms with Gasteiger partial charge in [-0.3, -0.25) is 4.79 Å². The van der Waals surface area contributed by atoms with Crippen molar-refractivity contribution in [3.05, 3.63) is 0 Å². The van der Waals surface area contributed by atoms with Gasteiger partial charge in [0.25, 0.3) is 0 Å². The smallest absolute Gasteiger partial charge is 0.303 e. The zero-order chi connectivity index (χ0) is 12.5. The Balaban J connectivity index is 2.41. The molecular weight excluding hydrogens is 216 g/mol. The molecule has 0 amide bonds. The average molecular weight is 242 g/mol. The van der Waals surface area contributed by atoms with Crippen LogP contribution in [0.3, 0.4) is 0 Å². The highest BCUT2D eigenvalue weighted by molar-refractivity contribution is 5.67. The van der Waals surface area contributed by atoms with Crippen LogP contribution in [0, 0.1) is 5.92 Å². The highest BCUT2D eigenvalue weighted by Gasteiger charge is 2.21. The molecule has 1 aliphatic rings. The number of aliphatic hydroxyl groups excluding tert-OH is 1. The molecule has 3 nitrogen and oxygen atoms in total. The number of aliphatic hydroxyl groups is 1. The number of carboxylic acid groups (broad SMARTS) is 1. The quantitative estimate of drug-likeness (QED) is 0.780. The summed E-state index contributed by atoms with van der Waals surface area (Å²) in [6, 6.07) is 0. The van der Waals surface area contributed by atoms with Gasteiger partial charge >= 0.3 is 5.97 Å². The van der Waals surface area contributed by atoms with Gasteiger partial charge in [-0.1, -0.05) is 51.4 Å². The fourth-order valence-electron chi connectivity index (χ4n) is 2.71. The molecule has 1 rings (SSSR count). The molecule has 0 aromatic rings. The van der Waals surface area contributed by atoms with Gasteiger partial charge < -0.3 is 10.2 Å². The Bertz CT molecular complexity index is 216. The zero-order valence-electron chi connectivity index (χ0n) is 10.7. The summed E-state index contributed by atoms with van der Waals surface area (Å²) in [5.41, 5.74) is 0. The summed E-state index contributed by atoms with van der Waals surface area (Å²) in [4.78, 5) is 10.8. The maximum Gasteiger partial charge on any atom is 0.303 e. The van der Waals surface area contributed by atoms with E-state index in [1.165, 1.54) is 38.5 Å². The molecule has 2 atom stereocenters. The van der Waals surface area contributed by atoms with Crippen molar-refractivity contribution >= 4 is 5.97 Å².